The maximum absolute atomic E-state index is 12.0. The largest absolute Gasteiger partial charge is 0.346 e. The van der Waals surface area contributed by atoms with Gasteiger partial charge in [0.25, 0.3) is 17.3 Å². The van der Waals surface area contributed by atoms with Crippen LogP contribution in [0.5, 0.6) is 0 Å². The zero-order chi connectivity index (χ0) is 16.1. The third kappa shape index (κ3) is 3.60. The van der Waals surface area contributed by atoms with Gasteiger partial charge in [0, 0.05) is 18.3 Å². The van der Waals surface area contributed by atoms with Crippen LogP contribution in [0.3, 0.4) is 0 Å². The summed E-state index contributed by atoms with van der Waals surface area (Å²) < 4.78 is 0. The number of benzene rings is 1. The van der Waals surface area contributed by atoms with Crippen molar-refractivity contribution in [3.63, 3.8) is 0 Å². The van der Waals surface area contributed by atoms with Crippen LogP contribution < -0.4 is 5.32 Å². The van der Waals surface area contributed by atoms with Gasteiger partial charge >= 0.3 is 0 Å². The number of nitrogens with zero attached hydrogens (tertiary/aromatic N) is 3. The number of hydrogen-bond acceptors (Lipinski definition) is 6. The van der Waals surface area contributed by atoms with Crippen molar-refractivity contribution in [1.82, 2.24) is 10.3 Å². The average Bonchev–Trinajstić information content (AvgIpc) is 2.53. The average molecular weight is 302 g/mol. The van der Waals surface area contributed by atoms with Gasteiger partial charge in [-0.05, 0) is 12.1 Å². The molecule has 9 nitrogen and oxygen atoms in total. The Hall–Kier alpha value is -3.36. The third-order valence-electron chi connectivity index (χ3n) is 2.74. The Bertz CT molecular complexity index is 700. The molecule has 2 rings (SSSR count). The normalized spacial score (nSPS) is 10.0. The highest BCUT2D eigenvalue weighted by Gasteiger charge is 2.19. The van der Waals surface area contributed by atoms with Crippen LogP contribution in [0.25, 0.3) is 0 Å². The second-order valence-electron chi connectivity index (χ2n) is 4.26. The number of rotatable bonds is 5. The van der Waals surface area contributed by atoms with Gasteiger partial charge in [-0.1, -0.05) is 6.07 Å². The summed E-state index contributed by atoms with van der Waals surface area (Å²) in [6.07, 6.45) is 1.56. The van der Waals surface area contributed by atoms with Gasteiger partial charge in [0.2, 0.25) is 0 Å². The first-order valence-corrected chi connectivity index (χ1v) is 6.09. The van der Waals surface area contributed by atoms with Crippen molar-refractivity contribution in [1.29, 1.82) is 0 Å². The summed E-state index contributed by atoms with van der Waals surface area (Å²) in [5.74, 6) is -0.655. The monoisotopic (exact) mass is 302 g/mol. The van der Waals surface area contributed by atoms with Crippen molar-refractivity contribution in [2.24, 2.45) is 0 Å². The summed E-state index contributed by atoms with van der Waals surface area (Å²) in [6.45, 7) is 0.107. The zero-order valence-corrected chi connectivity index (χ0v) is 11.1. The summed E-state index contributed by atoms with van der Waals surface area (Å²) in [5, 5.41) is 24.0. The molecule has 0 bridgehead atoms. The van der Waals surface area contributed by atoms with Gasteiger partial charge in [0.15, 0.2) is 0 Å². The smallest absolute Gasteiger partial charge is 0.277 e. The van der Waals surface area contributed by atoms with Gasteiger partial charge in [-0.2, -0.15) is 0 Å². The molecular formula is C13H10N4O5. The molecule has 0 aliphatic carbocycles. The van der Waals surface area contributed by atoms with Crippen LogP contribution in [-0.4, -0.2) is 20.7 Å². The third-order valence-corrected chi connectivity index (χ3v) is 2.74. The number of amides is 1. The lowest BCUT2D eigenvalue weighted by atomic mass is 10.1. The molecule has 9 heteroatoms. The Morgan fingerprint density at radius 1 is 1.09 bits per heavy atom. The summed E-state index contributed by atoms with van der Waals surface area (Å²) >= 11 is 0. The van der Waals surface area contributed by atoms with Gasteiger partial charge < -0.3 is 5.32 Å². The Balaban J connectivity index is 2.21. The number of hydrogen-bond donors (Lipinski definition) is 1. The number of aromatic nitrogens is 1. The molecule has 0 aliphatic heterocycles. The van der Waals surface area contributed by atoms with Crippen LogP contribution in [-0.2, 0) is 6.54 Å². The number of nitrogens with one attached hydrogen (secondary N) is 1. The van der Waals surface area contributed by atoms with Gasteiger partial charge in [-0.3, -0.25) is 30.0 Å². The molecule has 0 radical (unpaired) electrons. The minimum atomic E-state index is -0.789. The quantitative estimate of drug-likeness (QED) is 0.662. The fourth-order valence-electron chi connectivity index (χ4n) is 1.71. The van der Waals surface area contributed by atoms with E-state index in [1.54, 1.807) is 24.4 Å². The maximum Gasteiger partial charge on any atom is 0.277 e. The van der Waals surface area contributed by atoms with E-state index < -0.39 is 27.1 Å². The minimum absolute atomic E-state index is 0.107. The molecule has 1 aromatic heterocycles. The summed E-state index contributed by atoms with van der Waals surface area (Å²) in [4.78, 5) is 36.0. The van der Waals surface area contributed by atoms with E-state index >= 15 is 0 Å². The summed E-state index contributed by atoms with van der Waals surface area (Å²) in [7, 11) is 0. The first-order valence-electron chi connectivity index (χ1n) is 6.09. The fourth-order valence-corrected chi connectivity index (χ4v) is 1.71. The Kier molecular flexibility index (Phi) is 4.37. The second kappa shape index (κ2) is 6.39. The highest BCUT2D eigenvalue weighted by molar-refractivity contribution is 5.95. The SMILES string of the molecule is O=C(NCc1ccccn1)c1cc([N+](=O)[O-])cc([N+](=O)[O-])c1. The Morgan fingerprint density at radius 2 is 1.73 bits per heavy atom. The van der Waals surface area contributed by atoms with Crippen LogP contribution in [0.2, 0.25) is 0 Å². The van der Waals surface area contributed by atoms with Gasteiger partial charge in [-0.25, -0.2) is 0 Å². The predicted octanol–water partition coefficient (Wildman–Crippen LogP) is 1.83. The lowest BCUT2D eigenvalue weighted by Gasteiger charge is -2.05. The number of carbonyl (C=O) groups is 1. The highest BCUT2D eigenvalue weighted by Crippen LogP contribution is 2.22. The van der Waals surface area contributed by atoms with Crippen molar-refractivity contribution >= 4 is 17.3 Å². The molecule has 0 saturated heterocycles. The predicted molar refractivity (Wildman–Crippen MR) is 75.2 cm³/mol. The van der Waals surface area contributed by atoms with Crippen molar-refractivity contribution in [3.05, 3.63) is 74.1 Å². The van der Waals surface area contributed by atoms with Crippen LogP contribution in [0, 0.1) is 20.2 Å². The van der Waals surface area contributed by atoms with E-state index in [0.29, 0.717) is 5.69 Å². The van der Waals surface area contributed by atoms with Gasteiger partial charge in [0.1, 0.15) is 0 Å². The Morgan fingerprint density at radius 3 is 2.23 bits per heavy atom. The van der Waals surface area contributed by atoms with E-state index in [0.717, 1.165) is 18.2 Å². The molecule has 0 unspecified atom stereocenters. The van der Waals surface area contributed by atoms with Crippen molar-refractivity contribution < 1.29 is 14.6 Å². The highest BCUT2D eigenvalue weighted by atomic mass is 16.6. The Labute approximate surface area is 123 Å². The van der Waals surface area contributed by atoms with E-state index in [-0.39, 0.29) is 12.1 Å². The minimum Gasteiger partial charge on any atom is -0.346 e. The molecule has 22 heavy (non-hydrogen) atoms. The summed E-state index contributed by atoms with van der Waals surface area (Å²) in [6, 6.07) is 7.93. The van der Waals surface area contributed by atoms with Crippen LogP contribution in [0.4, 0.5) is 11.4 Å². The van der Waals surface area contributed by atoms with Crippen molar-refractivity contribution in [3.8, 4) is 0 Å². The molecule has 1 amide bonds. The number of non-ortho nitro benzene ring substituents is 2. The van der Waals surface area contributed by atoms with Gasteiger partial charge in [-0.15, -0.1) is 0 Å². The van der Waals surface area contributed by atoms with E-state index in [9.17, 15) is 25.0 Å². The molecule has 1 heterocycles. The molecule has 1 N–H and O–H groups in total. The topological polar surface area (TPSA) is 128 Å². The number of nitro benzene ring substituents is 2. The van der Waals surface area contributed by atoms with E-state index in [2.05, 4.69) is 10.3 Å². The lowest BCUT2D eigenvalue weighted by Crippen LogP contribution is -2.23. The molecule has 0 saturated carbocycles. The van der Waals surface area contributed by atoms with Crippen molar-refractivity contribution in [2.45, 2.75) is 6.54 Å². The van der Waals surface area contributed by atoms with Crippen molar-refractivity contribution in [2.75, 3.05) is 0 Å². The first-order chi connectivity index (χ1) is 10.5. The second-order valence-corrected chi connectivity index (χ2v) is 4.26. The maximum atomic E-state index is 12.0. The van der Waals surface area contributed by atoms with E-state index in [4.69, 9.17) is 0 Å². The van der Waals surface area contributed by atoms with Crippen LogP contribution in [0.1, 0.15) is 16.1 Å². The van der Waals surface area contributed by atoms with Crippen LogP contribution in [0.15, 0.2) is 42.6 Å². The molecule has 0 fully saturated rings. The molecule has 112 valence electrons. The van der Waals surface area contributed by atoms with Gasteiger partial charge in [0.05, 0.1) is 33.7 Å². The molecule has 1 aromatic carbocycles. The zero-order valence-electron chi connectivity index (χ0n) is 11.1. The fraction of sp³-hybridized carbons (Fsp3) is 0.0769. The number of nitro groups is 2. The molecule has 0 aliphatic rings. The summed E-state index contributed by atoms with van der Waals surface area (Å²) in [5.41, 5.74) is -0.595. The lowest BCUT2D eigenvalue weighted by molar-refractivity contribution is -0.394. The number of carbonyl (C=O) groups excluding carboxylic acids is 1. The molecular weight excluding hydrogens is 292 g/mol. The molecule has 2 aromatic rings. The van der Waals surface area contributed by atoms with Crippen LogP contribution >= 0.6 is 0 Å². The standard InChI is InChI=1S/C13H10N4O5/c18-13(15-8-10-3-1-2-4-14-10)9-5-11(16(19)20)7-12(6-9)17(21)22/h1-7H,8H2,(H,15,18). The molecule has 0 spiro atoms. The van der Waals surface area contributed by atoms with E-state index in [1.807, 2.05) is 0 Å². The van der Waals surface area contributed by atoms with E-state index in [1.165, 1.54) is 0 Å². The molecule has 0 atom stereocenters. The number of pyridine rings is 1. The first kappa shape index (κ1) is 15.0.